The van der Waals surface area contributed by atoms with E-state index in [4.69, 9.17) is 0 Å². The number of carbonyl (C=O) groups excluding carboxylic acids is 1. The first-order chi connectivity index (χ1) is 9.34. The van der Waals surface area contributed by atoms with E-state index < -0.39 is 0 Å². The van der Waals surface area contributed by atoms with Gasteiger partial charge >= 0.3 is 0 Å². The number of hydrogen-bond donors (Lipinski definition) is 1. The van der Waals surface area contributed by atoms with E-state index in [9.17, 15) is 4.79 Å². The van der Waals surface area contributed by atoms with E-state index in [2.05, 4.69) is 25.1 Å². The number of aromatic nitrogens is 4. The molecule has 1 amide bonds. The van der Waals surface area contributed by atoms with Gasteiger partial charge in [0, 0.05) is 44.8 Å². The molecule has 19 heavy (non-hydrogen) atoms. The van der Waals surface area contributed by atoms with Gasteiger partial charge in [0.1, 0.15) is 0 Å². The van der Waals surface area contributed by atoms with Crippen LogP contribution in [0.15, 0.2) is 30.9 Å². The van der Waals surface area contributed by atoms with Crippen LogP contribution in [0.1, 0.15) is 10.4 Å². The fourth-order valence-electron chi connectivity index (χ4n) is 2.11. The van der Waals surface area contributed by atoms with Crippen molar-refractivity contribution in [3.05, 3.63) is 36.4 Å². The van der Waals surface area contributed by atoms with Gasteiger partial charge in [-0.05, 0) is 6.07 Å². The molecule has 98 valence electrons. The second-order valence-electron chi connectivity index (χ2n) is 4.32. The molecule has 1 saturated heterocycles. The fourth-order valence-corrected chi connectivity index (χ4v) is 2.11. The molecule has 3 rings (SSSR count). The minimum Gasteiger partial charge on any atom is -0.337 e. The van der Waals surface area contributed by atoms with Crippen LogP contribution in [0.25, 0.3) is 0 Å². The monoisotopic (exact) mass is 258 g/mol. The molecule has 7 nitrogen and oxygen atoms in total. The van der Waals surface area contributed by atoms with Crippen molar-refractivity contribution in [2.24, 2.45) is 0 Å². The lowest BCUT2D eigenvalue weighted by molar-refractivity contribution is 0.0746. The van der Waals surface area contributed by atoms with Gasteiger partial charge in [-0.1, -0.05) is 0 Å². The van der Waals surface area contributed by atoms with Gasteiger partial charge in [0.25, 0.3) is 5.91 Å². The van der Waals surface area contributed by atoms with E-state index in [1.165, 1.54) is 0 Å². The topological polar surface area (TPSA) is 78.0 Å². The number of hydrogen-bond acceptors (Lipinski definition) is 5. The number of H-pyrrole nitrogens is 1. The predicted molar refractivity (Wildman–Crippen MR) is 68.7 cm³/mol. The molecule has 0 atom stereocenters. The molecule has 0 spiro atoms. The summed E-state index contributed by atoms with van der Waals surface area (Å²) < 4.78 is 0. The molecule has 0 unspecified atom stereocenters. The molecular weight excluding hydrogens is 244 g/mol. The molecule has 3 heterocycles. The summed E-state index contributed by atoms with van der Waals surface area (Å²) in [6.07, 6.45) is 6.63. The van der Waals surface area contributed by atoms with Crippen molar-refractivity contribution in [1.82, 2.24) is 25.1 Å². The van der Waals surface area contributed by atoms with Gasteiger partial charge in [0.05, 0.1) is 11.8 Å². The summed E-state index contributed by atoms with van der Waals surface area (Å²) in [6.45, 7) is 2.83. The second-order valence-corrected chi connectivity index (χ2v) is 4.32. The number of carbonyl (C=O) groups is 1. The smallest absolute Gasteiger partial charge is 0.257 e. The standard InChI is InChI=1S/C12H14N6O/c19-11(10-8-15-16-9-10)17-4-6-18(7-5-17)12-13-2-1-3-14-12/h1-3,8-9H,4-7H2,(H,15,16). The maximum atomic E-state index is 12.1. The third-order valence-electron chi connectivity index (χ3n) is 3.15. The van der Waals surface area contributed by atoms with Crippen LogP contribution in [0.5, 0.6) is 0 Å². The van der Waals surface area contributed by atoms with Crippen LogP contribution >= 0.6 is 0 Å². The molecule has 1 aliphatic heterocycles. The SMILES string of the molecule is O=C(c1cn[nH]c1)N1CCN(c2ncccn2)CC1. The molecule has 2 aromatic rings. The minimum atomic E-state index is 0.0161. The maximum absolute atomic E-state index is 12.1. The van der Waals surface area contributed by atoms with Crippen LogP contribution < -0.4 is 4.90 Å². The Morgan fingerprint density at radius 3 is 2.53 bits per heavy atom. The van der Waals surface area contributed by atoms with Crippen molar-refractivity contribution in [3.8, 4) is 0 Å². The Balaban J connectivity index is 1.62. The van der Waals surface area contributed by atoms with Gasteiger partial charge in [-0.3, -0.25) is 9.89 Å². The molecule has 2 aromatic heterocycles. The molecule has 1 aliphatic rings. The van der Waals surface area contributed by atoms with Crippen LogP contribution in [-0.4, -0.2) is 57.2 Å². The Morgan fingerprint density at radius 2 is 1.89 bits per heavy atom. The van der Waals surface area contributed by atoms with Gasteiger partial charge in [0.2, 0.25) is 5.95 Å². The summed E-state index contributed by atoms with van der Waals surface area (Å²) in [6, 6.07) is 1.79. The van der Waals surface area contributed by atoms with Crippen LogP contribution in [-0.2, 0) is 0 Å². The lowest BCUT2D eigenvalue weighted by Crippen LogP contribution is -2.49. The molecule has 7 heteroatoms. The van der Waals surface area contributed by atoms with Crippen LogP contribution in [0.4, 0.5) is 5.95 Å². The quantitative estimate of drug-likeness (QED) is 0.830. The maximum Gasteiger partial charge on any atom is 0.257 e. The molecule has 0 bridgehead atoms. The Morgan fingerprint density at radius 1 is 1.16 bits per heavy atom. The molecule has 1 fully saturated rings. The molecule has 0 aliphatic carbocycles. The van der Waals surface area contributed by atoms with Crippen LogP contribution in [0, 0.1) is 0 Å². The second kappa shape index (κ2) is 5.05. The van der Waals surface area contributed by atoms with Crippen LogP contribution in [0.3, 0.4) is 0 Å². The van der Waals surface area contributed by atoms with Crippen molar-refractivity contribution in [3.63, 3.8) is 0 Å². The molecular formula is C12H14N6O. The summed E-state index contributed by atoms with van der Waals surface area (Å²) >= 11 is 0. The number of anilines is 1. The normalized spacial score (nSPS) is 15.6. The highest BCUT2D eigenvalue weighted by atomic mass is 16.2. The van der Waals surface area contributed by atoms with E-state index in [1.807, 2.05) is 4.90 Å². The Kier molecular flexibility index (Phi) is 3.09. The van der Waals surface area contributed by atoms with Crippen LogP contribution in [0.2, 0.25) is 0 Å². The van der Waals surface area contributed by atoms with Crippen molar-refractivity contribution in [2.45, 2.75) is 0 Å². The van der Waals surface area contributed by atoms with Gasteiger partial charge in [-0.25, -0.2) is 9.97 Å². The highest BCUT2D eigenvalue weighted by Crippen LogP contribution is 2.11. The minimum absolute atomic E-state index is 0.0161. The average Bonchev–Trinajstić information content (AvgIpc) is 3.02. The third kappa shape index (κ3) is 2.40. The van der Waals surface area contributed by atoms with Gasteiger partial charge in [0.15, 0.2) is 0 Å². The Labute approximate surface area is 110 Å². The number of aromatic amines is 1. The van der Waals surface area contributed by atoms with Gasteiger partial charge in [-0.2, -0.15) is 5.10 Å². The highest BCUT2D eigenvalue weighted by Gasteiger charge is 2.23. The Hall–Kier alpha value is -2.44. The lowest BCUT2D eigenvalue weighted by atomic mass is 10.2. The first kappa shape index (κ1) is 11.6. The van der Waals surface area contributed by atoms with E-state index in [0.29, 0.717) is 18.7 Å². The average molecular weight is 258 g/mol. The number of rotatable bonds is 2. The molecule has 0 radical (unpaired) electrons. The highest BCUT2D eigenvalue weighted by molar-refractivity contribution is 5.93. The van der Waals surface area contributed by atoms with Crippen molar-refractivity contribution in [2.75, 3.05) is 31.1 Å². The lowest BCUT2D eigenvalue weighted by Gasteiger charge is -2.34. The number of amides is 1. The molecule has 0 saturated carbocycles. The van der Waals surface area contributed by atoms with Gasteiger partial charge in [-0.15, -0.1) is 0 Å². The third-order valence-corrected chi connectivity index (χ3v) is 3.15. The Bertz CT molecular complexity index is 533. The summed E-state index contributed by atoms with van der Waals surface area (Å²) in [7, 11) is 0. The summed E-state index contributed by atoms with van der Waals surface area (Å²) in [5.41, 5.74) is 0.601. The number of nitrogens with one attached hydrogen (secondary N) is 1. The fraction of sp³-hybridized carbons (Fsp3) is 0.333. The van der Waals surface area contributed by atoms with Crippen molar-refractivity contribution in [1.29, 1.82) is 0 Å². The number of piperazine rings is 1. The van der Waals surface area contributed by atoms with E-state index in [0.717, 1.165) is 19.0 Å². The van der Waals surface area contributed by atoms with E-state index in [1.54, 1.807) is 30.9 Å². The van der Waals surface area contributed by atoms with Crippen molar-refractivity contribution >= 4 is 11.9 Å². The van der Waals surface area contributed by atoms with Crippen molar-refractivity contribution < 1.29 is 4.79 Å². The summed E-state index contributed by atoms with van der Waals surface area (Å²) in [5.74, 6) is 0.736. The molecule has 1 N–H and O–H groups in total. The van der Waals surface area contributed by atoms with Gasteiger partial charge < -0.3 is 9.80 Å². The molecule has 0 aromatic carbocycles. The van der Waals surface area contributed by atoms with E-state index >= 15 is 0 Å². The summed E-state index contributed by atoms with van der Waals surface area (Å²) in [4.78, 5) is 24.5. The predicted octanol–water partition coefficient (Wildman–Crippen LogP) is 0.162. The largest absolute Gasteiger partial charge is 0.337 e. The zero-order valence-electron chi connectivity index (χ0n) is 10.4. The first-order valence-electron chi connectivity index (χ1n) is 6.14. The first-order valence-corrected chi connectivity index (χ1v) is 6.14. The summed E-state index contributed by atoms with van der Waals surface area (Å²) in [5, 5.41) is 6.45. The number of nitrogens with zero attached hydrogens (tertiary/aromatic N) is 5. The van der Waals surface area contributed by atoms with E-state index in [-0.39, 0.29) is 5.91 Å². The zero-order valence-corrected chi connectivity index (χ0v) is 10.4. The zero-order chi connectivity index (χ0) is 13.1.